The van der Waals surface area contributed by atoms with Crippen LogP contribution in [-0.2, 0) is 16.0 Å². The fraction of sp³-hybridized carbons (Fsp3) is 0.136. The molecule has 4 heteroatoms. The minimum atomic E-state index is -0.707. The Morgan fingerprint density at radius 3 is 2.58 bits per heavy atom. The van der Waals surface area contributed by atoms with E-state index in [9.17, 15) is 4.79 Å². The van der Waals surface area contributed by atoms with E-state index >= 15 is 0 Å². The van der Waals surface area contributed by atoms with Gasteiger partial charge >= 0.3 is 5.97 Å². The first-order chi connectivity index (χ1) is 12.7. The van der Waals surface area contributed by atoms with Crippen molar-refractivity contribution in [2.45, 2.75) is 28.4 Å². The highest BCUT2D eigenvalue weighted by Gasteiger charge is 2.30. The van der Waals surface area contributed by atoms with E-state index in [0.29, 0.717) is 6.42 Å². The first-order valence-corrected chi connectivity index (χ1v) is 9.22. The zero-order valence-corrected chi connectivity index (χ0v) is 14.8. The van der Waals surface area contributed by atoms with E-state index < -0.39 is 18.1 Å². The molecule has 1 aliphatic heterocycles. The summed E-state index contributed by atoms with van der Waals surface area (Å²) < 4.78 is 5.87. The topological polar surface area (TPSA) is 52.3 Å². The number of benzene rings is 2. The SMILES string of the molecule is NC(Cc1ccccc1)C(=O)OC1c2cc#ccc2Sc2ccccc21. The van der Waals surface area contributed by atoms with Crippen LogP contribution in [0.15, 0.2) is 76.5 Å². The third-order valence-electron chi connectivity index (χ3n) is 4.34. The van der Waals surface area contributed by atoms with Gasteiger partial charge in [-0.05, 0) is 24.1 Å². The van der Waals surface area contributed by atoms with Gasteiger partial charge in [-0.25, -0.2) is 0 Å². The Labute approximate surface area is 157 Å². The van der Waals surface area contributed by atoms with E-state index in [2.05, 4.69) is 12.1 Å². The first kappa shape index (κ1) is 16.7. The van der Waals surface area contributed by atoms with Crippen molar-refractivity contribution in [2.75, 3.05) is 0 Å². The number of carbonyl (C=O) groups excluding carboxylic acids is 1. The summed E-state index contributed by atoms with van der Waals surface area (Å²) in [7, 11) is 0. The molecule has 0 spiro atoms. The largest absolute Gasteiger partial charge is 0.451 e. The van der Waals surface area contributed by atoms with Crippen molar-refractivity contribution in [1.82, 2.24) is 0 Å². The summed E-state index contributed by atoms with van der Waals surface area (Å²) in [6, 6.07) is 26.6. The van der Waals surface area contributed by atoms with Crippen LogP contribution in [0.5, 0.6) is 0 Å². The molecule has 26 heavy (non-hydrogen) atoms. The van der Waals surface area contributed by atoms with Crippen molar-refractivity contribution in [3.63, 3.8) is 0 Å². The third-order valence-corrected chi connectivity index (χ3v) is 5.50. The Kier molecular flexibility index (Phi) is 4.66. The molecule has 0 saturated heterocycles. The van der Waals surface area contributed by atoms with Crippen LogP contribution < -0.4 is 5.73 Å². The summed E-state index contributed by atoms with van der Waals surface area (Å²) in [4.78, 5) is 14.8. The Morgan fingerprint density at radius 2 is 1.73 bits per heavy atom. The van der Waals surface area contributed by atoms with Gasteiger partial charge in [0.15, 0.2) is 6.10 Å². The lowest BCUT2D eigenvalue weighted by molar-refractivity contribution is -0.149. The molecule has 1 aliphatic rings. The Morgan fingerprint density at radius 1 is 1.00 bits per heavy atom. The molecular weight excluding hydrogens is 342 g/mol. The zero-order chi connectivity index (χ0) is 17.9. The average Bonchev–Trinajstić information content (AvgIpc) is 2.68. The molecular formula is C22H17NO2S. The highest BCUT2D eigenvalue weighted by molar-refractivity contribution is 7.99. The van der Waals surface area contributed by atoms with Gasteiger partial charge in [-0.3, -0.25) is 4.79 Å². The predicted octanol–water partition coefficient (Wildman–Crippen LogP) is 3.95. The number of esters is 1. The van der Waals surface area contributed by atoms with Crippen molar-refractivity contribution in [2.24, 2.45) is 5.73 Å². The van der Waals surface area contributed by atoms with E-state index in [0.717, 1.165) is 26.5 Å². The number of fused-ring (bicyclic) bond motifs is 2. The van der Waals surface area contributed by atoms with Crippen molar-refractivity contribution in [3.8, 4) is 0 Å². The summed E-state index contributed by atoms with van der Waals surface area (Å²) in [6.45, 7) is 0. The van der Waals surface area contributed by atoms with Crippen LogP contribution >= 0.6 is 11.8 Å². The molecule has 3 nitrogen and oxygen atoms in total. The number of hydrogen-bond acceptors (Lipinski definition) is 4. The lowest BCUT2D eigenvalue weighted by Crippen LogP contribution is -2.35. The predicted molar refractivity (Wildman–Crippen MR) is 101 cm³/mol. The van der Waals surface area contributed by atoms with Gasteiger partial charge in [-0.15, -0.1) is 0 Å². The molecule has 4 rings (SSSR count). The highest BCUT2D eigenvalue weighted by Crippen LogP contribution is 2.45. The summed E-state index contributed by atoms with van der Waals surface area (Å²) in [5.41, 5.74) is 9.03. The normalized spacial score (nSPS) is 13.9. The Hall–Kier alpha value is -2.74. The second-order valence-corrected chi connectivity index (χ2v) is 7.23. The second kappa shape index (κ2) is 7.25. The lowest BCUT2D eigenvalue weighted by atomic mass is 10.0. The number of rotatable bonds is 4. The molecule has 0 amide bonds. The molecule has 3 aromatic carbocycles. The average molecular weight is 359 g/mol. The van der Waals surface area contributed by atoms with Gasteiger partial charge in [0.1, 0.15) is 6.04 Å². The van der Waals surface area contributed by atoms with E-state index in [1.54, 1.807) is 11.8 Å². The lowest BCUT2D eigenvalue weighted by Gasteiger charge is -2.27. The van der Waals surface area contributed by atoms with Crippen molar-refractivity contribution >= 4 is 17.7 Å². The van der Waals surface area contributed by atoms with Gasteiger partial charge in [0, 0.05) is 27.0 Å². The number of carbonyl (C=O) groups is 1. The molecule has 1 heterocycles. The van der Waals surface area contributed by atoms with Crippen LogP contribution in [0.4, 0.5) is 0 Å². The monoisotopic (exact) mass is 359 g/mol. The third kappa shape index (κ3) is 3.32. The molecule has 0 fully saturated rings. The highest BCUT2D eigenvalue weighted by atomic mass is 32.2. The first-order valence-electron chi connectivity index (χ1n) is 8.41. The maximum atomic E-state index is 12.7. The fourth-order valence-electron chi connectivity index (χ4n) is 3.03. The van der Waals surface area contributed by atoms with Crippen LogP contribution in [0.3, 0.4) is 0 Å². The van der Waals surface area contributed by atoms with Crippen molar-refractivity contribution in [1.29, 1.82) is 0 Å². The molecule has 0 saturated carbocycles. The summed E-state index contributed by atoms with van der Waals surface area (Å²) >= 11 is 1.65. The summed E-state index contributed by atoms with van der Waals surface area (Å²) in [5, 5.41) is 0. The molecule has 0 aromatic heterocycles. The van der Waals surface area contributed by atoms with Gasteiger partial charge in [0.05, 0.1) is 0 Å². The van der Waals surface area contributed by atoms with Gasteiger partial charge in [-0.1, -0.05) is 72.4 Å². The van der Waals surface area contributed by atoms with Crippen LogP contribution in [-0.4, -0.2) is 12.0 Å². The molecule has 2 N–H and O–H groups in total. The number of hydrogen-bond donors (Lipinski definition) is 1. The van der Waals surface area contributed by atoms with Crippen LogP contribution in [0.2, 0.25) is 0 Å². The van der Waals surface area contributed by atoms with Crippen molar-refractivity contribution in [3.05, 3.63) is 95.6 Å². The van der Waals surface area contributed by atoms with Gasteiger partial charge in [0.2, 0.25) is 0 Å². The Bertz CT molecular complexity index is 881. The van der Waals surface area contributed by atoms with Crippen LogP contribution in [0.1, 0.15) is 22.8 Å². The molecule has 2 unspecified atom stereocenters. The molecule has 0 radical (unpaired) electrons. The van der Waals surface area contributed by atoms with Gasteiger partial charge in [0.25, 0.3) is 0 Å². The number of ether oxygens (including phenoxy) is 1. The van der Waals surface area contributed by atoms with Crippen LogP contribution in [0.25, 0.3) is 0 Å². The molecule has 128 valence electrons. The minimum absolute atomic E-state index is 0.403. The number of nitrogens with two attached hydrogens (primary N) is 1. The fourth-order valence-corrected chi connectivity index (χ4v) is 4.11. The van der Waals surface area contributed by atoms with Crippen molar-refractivity contribution < 1.29 is 9.53 Å². The molecule has 3 aromatic rings. The summed E-state index contributed by atoms with van der Waals surface area (Å²) in [6.07, 6.45) is -0.0210. The van der Waals surface area contributed by atoms with E-state index in [1.807, 2.05) is 66.7 Å². The zero-order valence-electron chi connectivity index (χ0n) is 14.0. The second-order valence-electron chi connectivity index (χ2n) is 6.15. The van der Waals surface area contributed by atoms with E-state index in [-0.39, 0.29) is 0 Å². The minimum Gasteiger partial charge on any atom is -0.451 e. The molecule has 2 atom stereocenters. The summed E-state index contributed by atoms with van der Waals surface area (Å²) in [5.74, 6) is -0.403. The quantitative estimate of drug-likeness (QED) is 0.717. The Balaban J connectivity index is 1.58. The maximum Gasteiger partial charge on any atom is 0.324 e. The molecule has 0 bridgehead atoms. The van der Waals surface area contributed by atoms with Gasteiger partial charge in [-0.2, -0.15) is 0 Å². The van der Waals surface area contributed by atoms with Crippen LogP contribution in [0, 0.1) is 12.1 Å². The van der Waals surface area contributed by atoms with E-state index in [4.69, 9.17) is 10.5 Å². The maximum absolute atomic E-state index is 12.7. The van der Waals surface area contributed by atoms with E-state index in [1.165, 1.54) is 0 Å². The van der Waals surface area contributed by atoms with Gasteiger partial charge < -0.3 is 10.5 Å². The standard InChI is InChI=1S/C22H17NO2S/c23-18(14-15-8-2-1-3-9-15)22(24)25-21-16-10-4-6-12-19(16)26-20-13-7-5-11-17(20)21/h1-4,6,8-13,18,21H,14,23H2. The smallest absolute Gasteiger partial charge is 0.324 e. The molecule has 0 aliphatic carbocycles.